The number of benzene rings is 2. The van der Waals surface area contributed by atoms with Gasteiger partial charge in [-0.3, -0.25) is 4.79 Å². The van der Waals surface area contributed by atoms with E-state index < -0.39 is 0 Å². The first-order valence-electron chi connectivity index (χ1n) is 10.6. The van der Waals surface area contributed by atoms with Crippen LogP contribution in [0.5, 0.6) is 0 Å². The summed E-state index contributed by atoms with van der Waals surface area (Å²) < 4.78 is 0. The van der Waals surface area contributed by atoms with Gasteiger partial charge in [-0.05, 0) is 48.6 Å². The zero-order valence-electron chi connectivity index (χ0n) is 15.8. The van der Waals surface area contributed by atoms with E-state index in [9.17, 15) is 4.79 Å². The monoisotopic (exact) mass is 346 g/mol. The fraction of sp³-hybridized carbons (Fsp3) is 0.480. The maximum absolute atomic E-state index is 13.3. The van der Waals surface area contributed by atoms with Crippen LogP contribution in [0.3, 0.4) is 0 Å². The minimum absolute atomic E-state index is 0.212. The molecule has 0 saturated heterocycles. The van der Waals surface area contributed by atoms with Crippen molar-refractivity contribution in [2.75, 3.05) is 0 Å². The van der Waals surface area contributed by atoms with Crippen molar-refractivity contribution in [1.82, 2.24) is 0 Å². The molecule has 0 radical (unpaired) electrons. The van der Waals surface area contributed by atoms with Gasteiger partial charge in [0.2, 0.25) is 0 Å². The van der Waals surface area contributed by atoms with Crippen LogP contribution in [0.15, 0.2) is 48.5 Å². The van der Waals surface area contributed by atoms with E-state index in [1.807, 2.05) is 30.3 Å². The van der Waals surface area contributed by atoms with Crippen LogP contribution in [0.25, 0.3) is 0 Å². The molecule has 0 amide bonds. The summed E-state index contributed by atoms with van der Waals surface area (Å²) in [6, 6.07) is 16.4. The zero-order chi connectivity index (χ0) is 17.8. The molecule has 4 rings (SSSR count). The first-order valence-corrected chi connectivity index (χ1v) is 10.6. The van der Waals surface area contributed by atoms with Gasteiger partial charge in [-0.1, -0.05) is 87.1 Å². The van der Waals surface area contributed by atoms with Crippen molar-refractivity contribution in [3.63, 3.8) is 0 Å². The Balaban J connectivity index is 1.78. The number of carbonyl (C=O) groups is 1. The second kappa shape index (κ2) is 8.20. The number of ketones is 1. The highest BCUT2D eigenvalue weighted by atomic mass is 16.1. The zero-order valence-corrected chi connectivity index (χ0v) is 15.8. The molecule has 0 N–H and O–H groups in total. The van der Waals surface area contributed by atoms with Gasteiger partial charge in [-0.15, -0.1) is 0 Å². The number of carbonyl (C=O) groups excluding carboxylic acids is 1. The normalized spacial score (nSPS) is 19.4. The lowest BCUT2D eigenvalue weighted by atomic mass is 9.73. The fourth-order valence-electron chi connectivity index (χ4n) is 5.14. The van der Waals surface area contributed by atoms with Crippen LogP contribution in [-0.4, -0.2) is 5.78 Å². The molecule has 0 aromatic heterocycles. The minimum Gasteiger partial charge on any atom is -0.289 e. The predicted octanol–water partition coefficient (Wildman–Crippen LogP) is 7.01. The van der Waals surface area contributed by atoms with Crippen LogP contribution < -0.4 is 0 Å². The van der Waals surface area contributed by atoms with Crippen molar-refractivity contribution >= 4 is 5.78 Å². The summed E-state index contributed by atoms with van der Waals surface area (Å²) in [4.78, 5) is 13.3. The van der Waals surface area contributed by atoms with Gasteiger partial charge in [-0.2, -0.15) is 0 Å². The highest BCUT2D eigenvalue weighted by Gasteiger charge is 2.28. The topological polar surface area (TPSA) is 17.1 Å². The van der Waals surface area contributed by atoms with Crippen molar-refractivity contribution in [2.24, 2.45) is 0 Å². The highest BCUT2D eigenvalue weighted by molar-refractivity contribution is 6.10. The van der Waals surface area contributed by atoms with E-state index >= 15 is 0 Å². The standard InChI is InChI=1S/C25H30O/c26-25(21-15-8-3-9-16-21)23-18-10-17-22(19-11-4-1-5-12-19)24(23)20-13-6-2-7-14-20/h3,8-10,15-20H,1-2,4-7,11-14H2. The van der Waals surface area contributed by atoms with Crippen molar-refractivity contribution in [1.29, 1.82) is 0 Å². The molecular weight excluding hydrogens is 316 g/mol. The van der Waals surface area contributed by atoms with Crippen LogP contribution in [-0.2, 0) is 0 Å². The Morgan fingerprint density at radius 1 is 0.654 bits per heavy atom. The molecule has 2 aromatic carbocycles. The molecule has 2 fully saturated rings. The number of hydrogen-bond donors (Lipinski definition) is 0. The third-order valence-electron chi connectivity index (χ3n) is 6.48. The molecule has 0 spiro atoms. The third-order valence-corrected chi connectivity index (χ3v) is 6.48. The molecule has 0 bridgehead atoms. The molecule has 26 heavy (non-hydrogen) atoms. The van der Waals surface area contributed by atoms with Crippen molar-refractivity contribution < 1.29 is 4.79 Å². The van der Waals surface area contributed by atoms with Gasteiger partial charge in [0.25, 0.3) is 0 Å². The van der Waals surface area contributed by atoms with Crippen LogP contribution in [0.2, 0.25) is 0 Å². The van der Waals surface area contributed by atoms with Crippen LogP contribution >= 0.6 is 0 Å². The second-order valence-electron chi connectivity index (χ2n) is 8.17. The molecule has 2 saturated carbocycles. The summed E-state index contributed by atoms with van der Waals surface area (Å²) in [5.41, 5.74) is 4.71. The Bertz CT molecular complexity index is 734. The van der Waals surface area contributed by atoms with Crippen LogP contribution in [0, 0.1) is 0 Å². The van der Waals surface area contributed by atoms with Crippen LogP contribution in [0.1, 0.15) is 103 Å². The molecule has 136 valence electrons. The van der Waals surface area contributed by atoms with Gasteiger partial charge in [0.15, 0.2) is 5.78 Å². The lowest BCUT2D eigenvalue weighted by Crippen LogP contribution is -2.17. The van der Waals surface area contributed by atoms with Gasteiger partial charge in [-0.25, -0.2) is 0 Å². The van der Waals surface area contributed by atoms with Gasteiger partial charge in [0.1, 0.15) is 0 Å². The van der Waals surface area contributed by atoms with E-state index in [-0.39, 0.29) is 5.78 Å². The minimum atomic E-state index is 0.212. The van der Waals surface area contributed by atoms with E-state index in [0.717, 1.165) is 11.1 Å². The Morgan fingerprint density at radius 3 is 1.92 bits per heavy atom. The van der Waals surface area contributed by atoms with Crippen molar-refractivity contribution in [3.8, 4) is 0 Å². The van der Waals surface area contributed by atoms with E-state index in [1.165, 1.54) is 75.3 Å². The third kappa shape index (κ3) is 3.63. The predicted molar refractivity (Wildman–Crippen MR) is 108 cm³/mol. The van der Waals surface area contributed by atoms with E-state index in [1.54, 1.807) is 0 Å². The molecule has 0 atom stereocenters. The molecule has 2 aliphatic rings. The second-order valence-corrected chi connectivity index (χ2v) is 8.17. The first kappa shape index (κ1) is 17.5. The summed E-state index contributed by atoms with van der Waals surface area (Å²) in [6.07, 6.45) is 13.1. The maximum atomic E-state index is 13.3. The Labute approximate surface area is 157 Å². The molecule has 0 aliphatic heterocycles. The molecule has 1 heteroatoms. The fourth-order valence-corrected chi connectivity index (χ4v) is 5.14. The number of rotatable bonds is 4. The van der Waals surface area contributed by atoms with Crippen molar-refractivity contribution in [2.45, 2.75) is 76.0 Å². The van der Waals surface area contributed by atoms with E-state index in [0.29, 0.717) is 11.8 Å². The Kier molecular flexibility index (Phi) is 5.53. The molecule has 2 aromatic rings. The SMILES string of the molecule is O=C(c1ccccc1)c1cccc(C2CCCCC2)c1C1CCCCC1. The summed E-state index contributed by atoms with van der Waals surface area (Å²) >= 11 is 0. The summed E-state index contributed by atoms with van der Waals surface area (Å²) in [7, 11) is 0. The summed E-state index contributed by atoms with van der Waals surface area (Å²) in [6.45, 7) is 0. The molecular formula is C25H30O. The van der Waals surface area contributed by atoms with Gasteiger partial charge in [0, 0.05) is 11.1 Å². The van der Waals surface area contributed by atoms with Crippen molar-refractivity contribution in [3.05, 3.63) is 70.8 Å². The number of hydrogen-bond acceptors (Lipinski definition) is 1. The summed E-state index contributed by atoms with van der Waals surface area (Å²) in [5, 5.41) is 0. The van der Waals surface area contributed by atoms with Crippen LogP contribution in [0.4, 0.5) is 0 Å². The van der Waals surface area contributed by atoms with Gasteiger partial charge >= 0.3 is 0 Å². The Hall–Kier alpha value is -1.89. The molecule has 0 unspecified atom stereocenters. The highest BCUT2D eigenvalue weighted by Crippen LogP contribution is 2.42. The molecule has 2 aliphatic carbocycles. The molecule has 1 nitrogen and oxygen atoms in total. The largest absolute Gasteiger partial charge is 0.289 e. The smallest absolute Gasteiger partial charge is 0.193 e. The molecule has 0 heterocycles. The average molecular weight is 347 g/mol. The van der Waals surface area contributed by atoms with E-state index in [2.05, 4.69) is 18.2 Å². The van der Waals surface area contributed by atoms with E-state index in [4.69, 9.17) is 0 Å². The Morgan fingerprint density at radius 2 is 1.27 bits per heavy atom. The van der Waals surface area contributed by atoms with Gasteiger partial charge in [0.05, 0.1) is 0 Å². The quantitative estimate of drug-likeness (QED) is 0.544. The lowest BCUT2D eigenvalue weighted by Gasteiger charge is -2.31. The van der Waals surface area contributed by atoms with Gasteiger partial charge < -0.3 is 0 Å². The average Bonchev–Trinajstić information content (AvgIpc) is 2.74. The maximum Gasteiger partial charge on any atom is 0.193 e. The lowest BCUT2D eigenvalue weighted by molar-refractivity contribution is 0.103. The first-order chi connectivity index (χ1) is 12.8. The summed E-state index contributed by atoms with van der Waals surface area (Å²) in [5.74, 6) is 1.44.